The summed E-state index contributed by atoms with van der Waals surface area (Å²) in [6.45, 7) is 2.75. The second kappa shape index (κ2) is 10.4. The minimum Gasteiger partial charge on any atom is -0.481 e. The van der Waals surface area contributed by atoms with Gasteiger partial charge in [0.05, 0.1) is 25.3 Å². The van der Waals surface area contributed by atoms with E-state index in [2.05, 4.69) is 10.6 Å². The molecule has 0 saturated carbocycles. The van der Waals surface area contributed by atoms with Gasteiger partial charge in [-0.3, -0.25) is 4.79 Å². The lowest BCUT2D eigenvalue weighted by molar-refractivity contribution is -0.138. The Bertz CT molecular complexity index is 1220. The quantitative estimate of drug-likeness (QED) is 0.508. The van der Waals surface area contributed by atoms with Crippen LogP contribution in [0, 0.1) is 0 Å². The fraction of sp³-hybridized carbons (Fsp3) is 0.385. The maximum Gasteiger partial charge on any atom is 0.416 e. The molecule has 0 radical (unpaired) electrons. The van der Waals surface area contributed by atoms with Gasteiger partial charge in [0.25, 0.3) is 0 Å². The Morgan fingerprint density at radius 2 is 1.95 bits per heavy atom. The largest absolute Gasteiger partial charge is 0.481 e. The van der Waals surface area contributed by atoms with Crippen LogP contribution >= 0.6 is 0 Å². The SMILES string of the molecule is CCN1Cc2c(NC(=O)C=C3CC(COC)(COC)Oc4cc(C(F)(F)F)ccc43)cccc2NC1=O. The number of rotatable bonds is 7. The summed E-state index contributed by atoms with van der Waals surface area (Å²) in [5.74, 6) is -0.479. The summed E-state index contributed by atoms with van der Waals surface area (Å²) in [5.41, 5.74) is 0.767. The van der Waals surface area contributed by atoms with Crippen LogP contribution < -0.4 is 15.4 Å². The highest BCUT2D eigenvalue weighted by atomic mass is 19.4. The van der Waals surface area contributed by atoms with Gasteiger partial charge < -0.3 is 29.7 Å². The Morgan fingerprint density at radius 3 is 2.59 bits per heavy atom. The number of ether oxygens (including phenoxy) is 3. The molecule has 198 valence electrons. The van der Waals surface area contributed by atoms with E-state index in [0.717, 1.165) is 17.7 Å². The van der Waals surface area contributed by atoms with Gasteiger partial charge in [-0.15, -0.1) is 0 Å². The maximum absolute atomic E-state index is 13.4. The monoisotopic (exact) mass is 519 g/mol. The highest BCUT2D eigenvalue weighted by Crippen LogP contribution is 2.43. The third kappa shape index (κ3) is 5.57. The van der Waals surface area contributed by atoms with E-state index in [4.69, 9.17) is 14.2 Å². The summed E-state index contributed by atoms with van der Waals surface area (Å²) < 4.78 is 56.8. The molecule has 3 amide bonds. The van der Waals surface area contributed by atoms with E-state index >= 15 is 0 Å². The Balaban J connectivity index is 1.69. The number of nitrogens with zero attached hydrogens (tertiary/aromatic N) is 1. The van der Waals surface area contributed by atoms with Crippen LogP contribution in [-0.2, 0) is 27.0 Å². The highest BCUT2D eigenvalue weighted by Gasteiger charge is 2.41. The van der Waals surface area contributed by atoms with Crippen LogP contribution in [0.2, 0.25) is 0 Å². The topological polar surface area (TPSA) is 89.1 Å². The number of fused-ring (bicyclic) bond motifs is 2. The number of benzene rings is 2. The molecule has 0 bridgehead atoms. The molecule has 0 aliphatic carbocycles. The fourth-order valence-corrected chi connectivity index (χ4v) is 4.65. The van der Waals surface area contributed by atoms with Crippen molar-refractivity contribution in [1.82, 2.24) is 4.90 Å². The van der Waals surface area contributed by atoms with Crippen LogP contribution in [0.5, 0.6) is 5.75 Å². The van der Waals surface area contributed by atoms with Gasteiger partial charge in [-0.05, 0) is 36.8 Å². The van der Waals surface area contributed by atoms with Gasteiger partial charge in [0.15, 0.2) is 5.60 Å². The highest BCUT2D eigenvalue weighted by molar-refractivity contribution is 6.06. The lowest BCUT2D eigenvalue weighted by Gasteiger charge is -2.39. The van der Waals surface area contributed by atoms with E-state index in [9.17, 15) is 22.8 Å². The van der Waals surface area contributed by atoms with Gasteiger partial charge in [-0.2, -0.15) is 13.2 Å². The van der Waals surface area contributed by atoms with Crippen LogP contribution in [0.15, 0.2) is 42.5 Å². The number of alkyl halides is 3. The average Bonchev–Trinajstić information content (AvgIpc) is 2.83. The molecule has 11 heteroatoms. The number of urea groups is 1. The molecule has 2 heterocycles. The van der Waals surface area contributed by atoms with Gasteiger partial charge >= 0.3 is 12.2 Å². The Kier molecular flexibility index (Phi) is 7.47. The van der Waals surface area contributed by atoms with Crippen LogP contribution in [0.1, 0.15) is 30.0 Å². The molecule has 2 aromatic rings. The van der Waals surface area contributed by atoms with E-state index in [1.165, 1.54) is 26.4 Å². The molecular weight excluding hydrogens is 491 g/mol. The normalized spacial score (nSPS) is 17.5. The molecule has 0 spiro atoms. The van der Waals surface area contributed by atoms with Gasteiger partial charge in [0, 0.05) is 55.8 Å². The molecule has 0 aromatic heterocycles. The molecule has 2 aliphatic heterocycles. The molecule has 0 saturated heterocycles. The van der Waals surface area contributed by atoms with Crippen molar-refractivity contribution >= 4 is 28.9 Å². The van der Waals surface area contributed by atoms with Crippen molar-refractivity contribution in [2.45, 2.75) is 31.7 Å². The van der Waals surface area contributed by atoms with Crippen molar-refractivity contribution in [2.75, 3.05) is 44.6 Å². The Labute approximate surface area is 212 Å². The maximum atomic E-state index is 13.4. The van der Waals surface area contributed by atoms with Gasteiger partial charge in [-0.25, -0.2) is 4.79 Å². The molecule has 2 N–H and O–H groups in total. The molecule has 37 heavy (non-hydrogen) atoms. The number of carbonyl (C=O) groups is 2. The number of nitrogens with one attached hydrogen (secondary N) is 2. The molecule has 4 rings (SSSR count). The van der Waals surface area contributed by atoms with Gasteiger partial charge in [0.2, 0.25) is 5.91 Å². The first-order valence-electron chi connectivity index (χ1n) is 11.7. The second-order valence-corrected chi connectivity index (χ2v) is 8.97. The number of amides is 3. The molecule has 0 unspecified atom stereocenters. The first-order valence-corrected chi connectivity index (χ1v) is 11.7. The second-order valence-electron chi connectivity index (χ2n) is 8.97. The smallest absolute Gasteiger partial charge is 0.416 e. The number of methoxy groups -OCH3 is 2. The summed E-state index contributed by atoms with van der Waals surface area (Å²) in [6.07, 6.45) is -3.03. The molecule has 2 aromatic carbocycles. The minimum atomic E-state index is -4.56. The average molecular weight is 520 g/mol. The zero-order valence-electron chi connectivity index (χ0n) is 20.7. The summed E-state index contributed by atoms with van der Waals surface area (Å²) in [7, 11) is 2.91. The number of anilines is 2. The molecule has 0 fully saturated rings. The van der Waals surface area contributed by atoms with E-state index < -0.39 is 23.2 Å². The number of hydrogen-bond donors (Lipinski definition) is 2. The zero-order valence-corrected chi connectivity index (χ0v) is 20.7. The van der Waals surface area contributed by atoms with E-state index in [1.807, 2.05) is 6.92 Å². The Hall–Kier alpha value is -3.57. The van der Waals surface area contributed by atoms with Crippen LogP contribution in [0.3, 0.4) is 0 Å². The van der Waals surface area contributed by atoms with Crippen molar-refractivity contribution in [3.63, 3.8) is 0 Å². The molecular formula is C26H28F3N3O5. The third-order valence-corrected chi connectivity index (χ3v) is 6.31. The van der Waals surface area contributed by atoms with E-state index in [0.29, 0.717) is 35.6 Å². The molecule has 8 nitrogen and oxygen atoms in total. The first-order chi connectivity index (χ1) is 17.6. The molecule has 0 atom stereocenters. The lowest BCUT2D eigenvalue weighted by Crippen LogP contribution is -2.47. The minimum absolute atomic E-state index is 0.00684. The summed E-state index contributed by atoms with van der Waals surface area (Å²) in [5, 5.41) is 5.67. The van der Waals surface area contributed by atoms with Crippen molar-refractivity contribution in [3.05, 3.63) is 59.2 Å². The summed E-state index contributed by atoms with van der Waals surface area (Å²) in [4.78, 5) is 26.9. The van der Waals surface area contributed by atoms with Crippen molar-refractivity contribution in [3.8, 4) is 5.75 Å². The zero-order chi connectivity index (χ0) is 26.8. The van der Waals surface area contributed by atoms with Crippen molar-refractivity contribution < 1.29 is 37.0 Å². The van der Waals surface area contributed by atoms with Crippen molar-refractivity contribution in [1.29, 1.82) is 0 Å². The van der Waals surface area contributed by atoms with Crippen LogP contribution in [0.25, 0.3) is 5.57 Å². The van der Waals surface area contributed by atoms with Gasteiger partial charge in [-0.1, -0.05) is 12.1 Å². The van der Waals surface area contributed by atoms with E-state index in [1.54, 1.807) is 23.1 Å². The standard InChI is InChI=1S/C26H28F3N3O5/c1-4-32-13-19-20(6-5-7-21(19)31-24(32)34)30-23(33)10-16-12-25(14-35-2,15-36-3)37-22-11-17(26(27,28)29)8-9-18(16)22/h5-11H,4,12-15H2,1-3H3,(H,30,33)(H,31,34). The number of carbonyl (C=O) groups excluding carboxylic acids is 2. The van der Waals surface area contributed by atoms with Crippen LogP contribution in [-0.4, -0.2) is 56.4 Å². The number of halogens is 3. The third-order valence-electron chi connectivity index (χ3n) is 6.31. The van der Waals surface area contributed by atoms with Gasteiger partial charge in [0.1, 0.15) is 5.75 Å². The summed E-state index contributed by atoms with van der Waals surface area (Å²) in [6, 6.07) is 8.18. The Morgan fingerprint density at radius 1 is 1.22 bits per heavy atom. The van der Waals surface area contributed by atoms with Crippen LogP contribution in [0.4, 0.5) is 29.3 Å². The fourth-order valence-electron chi connectivity index (χ4n) is 4.65. The predicted molar refractivity (Wildman–Crippen MR) is 131 cm³/mol. The summed E-state index contributed by atoms with van der Waals surface area (Å²) >= 11 is 0. The van der Waals surface area contributed by atoms with E-state index in [-0.39, 0.29) is 31.4 Å². The number of hydrogen-bond acceptors (Lipinski definition) is 5. The molecule has 2 aliphatic rings. The first kappa shape index (κ1) is 26.5. The lowest BCUT2D eigenvalue weighted by atomic mass is 9.86. The van der Waals surface area contributed by atoms with Crippen molar-refractivity contribution in [2.24, 2.45) is 0 Å². The predicted octanol–water partition coefficient (Wildman–Crippen LogP) is 4.91.